The Morgan fingerprint density at radius 3 is 2.06 bits per heavy atom. The quantitative estimate of drug-likeness (QED) is 0.130. The standard InChI is InChI=1S/C15H16N4O10S2.3K/c1-9-10(13(20)18(16-9)7-30(24,25)26)5-3-2-4-6-11-12(15(22)23)17-19(14(11)21)8-31(27,28)29;;;/h2-6,16H,7-8H2,1H3,(H,22,23)(H,24,25,26)(H,27,28,29);;;/q;3*+1/p-3/b4-2-,5-3-,11-6-;;;. The minimum Gasteiger partial charge on any atom is -0.747 e. The average Bonchev–Trinajstić information content (AvgIpc) is 3.03. The van der Waals surface area contributed by atoms with E-state index in [0.717, 1.165) is 6.08 Å². The first-order valence-electron chi connectivity index (χ1n) is 8.03. The van der Waals surface area contributed by atoms with Crippen LogP contribution in [0.1, 0.15) is 11.3 Å². The number of carbonyl (C=O) groups is 2. The van der Waals surface area contributed by atoms with Gasteiger partial charge in [-0.3, -0.25) is 14.7 Å². The molecule has 1 aromatic heterocycles. The van der Waals surface area contributed by atoms with Crippen LogP contribution in [0.4, 0.5) is 0 Å². The van der Waals surface area contributed by atoms with Crippen LogP contribution in [0.15, 0.2) is 39.8 Å². The second kappa shape index (κ2) is 15.9. The van der Waals surface area contributed by atoms with E-state index in [2.05, 4.69) is 10.2 Å². The number of carboxylic acid groups (broad SMARTS) is 1. The second-order valence-electron chi connectivity index (χ2n) is 6.02. The number of amides is 1. The molecule has 2 rings (SSSR count). The summed E-state index contributed by atoms with van der Waals surface area (Å²) in [6.07, 6.45) is 5.96. The summed E-state index contributed by atoms with van der Waals surface area (Å²) in [5.41, 5.74) is -1.86. The molecule has 0 unspecified atom stereocenters. The summed E-state index contributed by atoms with van der Waals surface area (Å²) in [4.78, 5) is 35.2. The van der Waals surface area contributed by atoms with Crippen molar-refractivity contribution in [1.82, 2.24) is 14.8 Å². The topological polar surface area (TPSA) is 225 Å². The van der Waals surface area contributed by atoms with E-state index >= 15 is 0 Å². The fourth-order valence-corrected chi connectivity index (χ4v) is 3.40. The van der Waals surface area contributed by atoms with Crippen molar-refractivity contribution >= 4 is 43.9 Å². The number of aryl methyl sites for hydroxylation is 1. The summed E-state index contributed by atoms with van der Waals surface area (Å²) >= 11 is 0. The molecule has 0 spiro atoms. The third-order valence-corrected chi connectivity index (χ3v) is 4.77. The summed E-state index contributed by atoms with van der Waals surface area (Å²) in [7, 11) is -9.60. The largest absolute Gasteiger partial charge is 1.00 e. The molecule has 0 saturated heterocycles. The number of nitrogens with one attached hydrogen (secondary N) is 1. The van der Waals surface area contributed by atoms with Gasteiger partial charge in [-0.25, -0.2) is 26.5 Å². The monoisotopic (exact) mass is 590 g/mol. The van der Waals surface area contributed by atoms with Crippen LogP contribution in [0, 0.1) is 6.92 Å². The van der Waals surface area contributed by atoms with Crippen LogP contribution in [-0.4, -0.2) is 64.2 Å². The minimum absolute atomic E-state index is 0. The van der Waals surface area contributed by atoms with Gasteiger partial charge in [-0.15, -0.1) is 0 Å². The number of rotatable bonds is 8. The van der Waals surface area contributed by atoms with Gasteiger partial charge in [0.25, 0.3) is 11.5 Å². The number of allylic oxidation sites excluding steroid dienone is 4. The van der Waals surface area contributed by atoms with Crippen molar-refractivity contribution in [2.24, 2.45) is 5.10 Å². The van der Waals surface area contributed by atoms with Gasteiger partial charge in [0.15, 0.2) is 0 Å². The van der Waals surface area contributed by atoms with Gasteiger partial charge in [0.2, 0.25) is 0 Å². The van der Waals surface area contributed by atoms with Gasteiger partial charge in [-0.05, 0) is 19.1 Å². The number of carbonyl (C=O) groups excluding carboxylic acids is 2. The molecule has 1 aliphatic heterocycles. The van der Waals surface area contributed by atoms with Crippen molar-refractivity contribution in [2.45, 2.75) is 12.8 Å². The Labute approximate surface area is 321 Å². The van der Waals surface area contributed by atoms with E-state index in [4.69, 9.17) is 0 Å². The Hall–Kier alpha value is 1.57. The Kier molecular flexibility index (Phi) is 17.6. The fraction of sp³-hybridized carbons (Fsp3) is 0.200. The summed E-state index contributed by atoms with van der Waals surface area (Å²) in [6, 6.07) is 0. The molecule has 0 radical (unpaired) electrons. The second-order valence-corrected chi connectivity index (χ2v) is 8.77. The first kappa shape index (κ1) is 37.7. The van der Waals surface area contributed by atoms with Crippen LogP contribution in [0.2, 0.25) is 0 Å². The first-order valence-corrected chi connectivity index (χ1v) is 11.2. The first-order chi connectivity index (χ1) is 14.2. The number of carboxylic acids is 1. The number of aromatic nitrogens is 2. The Bertz CT molecular complexity index is 1320. The van der Waals surface area contributed by atoms with Crippen LogP contribution in [-0.2, 0) is 35.7 Å². The SMILES string of the molecule is Cc1[nH]n(CS(=O)(=O)[O-])c(=O)c1\C=C/C=C\C=C1/C(=O)N(CS(=O)(=O)[O-])N=C1C(=O)[O-].[K+].[K+].[K+]. The molecule has 1 N–H and O–H groups in total. The smallest absolute Gasteiger partial charge is 0.747 e. The normalized spacial score (nSPS) is 15.3. The van der Waals surface area contributed by atoms with Gasteiger partial charge >= 0.3 is 154 Å². The number of aromatic amines is 1. The predicted molar refractivity (Wildman–Crippen MR) is 99.6 cm³/mol. The van der Waals surface area contributed by atoms with Gasteiger partial charge in [-0.1, -0.05) is 18.2 Å². The van der Waals surface area contributed by atoms with E-state index in [-0.39, 0.29) is 170 Å². The van der Waals surface area contributed by atoms with E-state index in [1.54, 1.807) is 0 Å². The molecule has 168 valence electrons. The minimum atomic E-state index is -4.90. The van der Waals surface area contributed by atoms with Crippen molar-refractivity contribution in [1.29, 1.82) is 0 Å². The molecular weight excluding hydrogens is 578 g/mol. The summed E-state index contributed by atoms with van der Waals surface area (Å²) in [5.74, 6) is -5.45. The van der Waals surface area contributed by atoms with Crippen LogP contribution < -0.4 is 165 Å². The predicted octanol–water partition coefficient (Wildman–Crippen LogP) is -12.1. The zero-order chi connectivity index (χ0) is 23.6. The number of hydrogen-bond acceptors (Lipinski definition) is 11. The molecule has 1 aliphatic rings. The van der Waals surface area contributed by atoms with Crippen molar-refractivity contribution in [2.75, 3.05) is 5.88 Å². The van der Waals surface area contributed by atoms with E-state index in [9.17, 15) is 45.4 Å². The van der Waals surface area contributed by atoms with Crippen molar-refractivity contribution in [3.63, 3.8) is 0 Å². The third-order valence-electron chi connectivity index (χ3n) is 3.63. The molecule has 0 atom stereocenters. The van der Waals surface area contributed by atoms with Crippen LogP contribution in [0.3, 0.4) is 0 Å². The summed E-state index contributed by atoms with van der Waals surface area (Å²) < 4.78 is 65.3. The maximum Gasteiger partial charge on any atom is 1.00 e. The molecular formula is C15H13K3N4O10S2. The van der Waals surface area contributed by atoms with Gasteiger partial charge in [-0.2, -0.15) is 5.10 Å². The molecule has 0 saturated carbocycles. The number of H-pyrrole nitrogens is 1. The molecule has 0 bridgehead atoms. The number of hydrogen-bond donors (Lipinski definition) is 1. The number of hydrazone groups is 1. The number of nitrogens with zero attached hydrogens (tertiary/aromatic N) is 3. The maximum absolute atomic E-state index is 12.1. The van der Waals surface area contributed by atoms with Crippen molar-refractivity contribution < 1.29 is 195 Å². The molecule has 19 heteroatoms. The van der Waals surface area contributed by atoms with Gasteiger partial charge < -0.3 is 19.0 Å². The molecule has 1 amide bonds. The van der Waals surface area contributed by atoms with Crippen molar-refractivity contribution in [3.05, 3.63) is 51.5 Å². The molecule has 1 aromatic rings. The van der Waals surface area contributed by atoms with E-state index in [1.807, 2.05) is 0 Å². The van der Waals surface area contributed by atoms with Gasteiger partial charge in [0.05, 0.1) is 17.1 Å². The number of aliphatic carboxylic acids is 1. The van der Waals surface area contributed by atoms with E-state index in [1.165, 1.54) is 31.2 Å². The Balaban J connectivity index is 0. The van der Waals surface area contributed by atoms with Crippen LogP contribution >= 0.6 is 0 Å². The molecule has 0 aliphatic carbocycles. The molecule has 34 heavy (non-hydrogen) atoms. The maximum atomic E-state index is 12.1. The van der Waals surface area contributed by atoms with E-state index < -0.39 is 60.7 Å². The third kappa shape index (κ3) is 11.5. The molecule has 0 aromatic carbocycles. The zero-order valence-electron chi connectivity index (χ0n) is 18.5. The van der Waals surface area contributed by atoms with E-state index in [0.29, 0.717) is 4.68 Å². The van der Waals surface area contributed by atoms with Gasteiger partial charge in [0.1, 0.15) is 37.7 Å². The Morgan fingerprint density at radius 2 is 1.56 bits per heavy atom. The van der Waals surface area contributed by atoms with Crippen LogP contribution in [0.25, 0.3) is 6.08 Å². The van der Waals surface area contributed by atoms with Crippen LogP contribution in [0.5, 0.6) is 0 Å². The average molecular weight is 591 g/mol. The zero-order valence-corrected chi connectivity index (χ0v) is 29.5. The summed E-state index contributed by atoms with van der Waals surface area (Å²) in [6.45, 7) is 1.46. The summed E-state index contributed by atoms with van der Waals surface area (Å²) in [5, 5.41) is 16.9. The molecule has 2 heterocycles. The molecule has 14 nitrogen and oxygen atoms in total. The van der Waals surface area contributed by atoms with Gasteiger partial charge in [0, 0.05) is 5.69 Å². The molecule has 0 fully saturated rings. The van der Waals surface area contributed by atoms with Crippen molar-refractivity contribution in [3.8, 4) is 0 Å². The Morgan fingerprint density at radius 1 is 1.00 bits per heavy atom. The fourth-order valence-electron chi connectivity index (χ4n) is 2.43.